The van der Waals surface area contributed by atoms with Crippen molar-refractivity contribution >= 4 is 5.69 Å². The summed E-state index contributed by atoms with van der Waals surface area (Å²) in [5, 5.41) is 12.2. The monoisotopic (exact) mass is 246 g/mol. The van der Waals surface area contributed by atoms with Gasteiger partial charge in [-0.25, -0.2) is 4.39 Å². The summed E-state index contributed by atoms with van der Waals surface area (Å²) in [7, 11) is 0. The highest BCUT2D eigenvalue weighted by molar-refractivity contribution is 5.50. The van der Waals surface area contributed by atoms with E-state index in [1.807, 2.05) is 6.07 Å². The van der Waals surface area contributed by atoms with Crippen LogP contribution in [0.15, 0.2) is 18.2 Å². The van der Waals surface area contributed by atoms with Crippen LogP contribution in [0.5, 0.6) is 0 Å². The molecule has 2 nitrogen and oxygen atoms in total. The number of hydrogen-bond acceptors (Lipinski definition) is 2. The molecule has 0 saturated heterocycles. The molecule has 2 rings (SSSR count). The number of rotatable bonds is 2. The SMILES string of the molecule is CC1CCCC(Nc2ccc(F)c(C#N)c2)CC1. The van der Waals surface area contributed by atoms with E-state index in [0.29, 0.717) is 6.04 Å². The number of nitrogens with zero attached hydrogens (tertiary/aromatic N) is 1. The van der Waals surface area contributed by atoms with Crippen molar-refractivity contribution in [1.82, 2.24) is 0 Å². The van der Waals surface area contributed by atoms with Crippen molar-refractivity contribution < 1.29 is 4.39 Å². The van der Waals surface area contributed by atoms with Crippen molar-refractivity contribution in [3.05, 3.63) is 29.6 Å². The summed E-state index contributed by atoms with van der Waals surface area (Å²) >= 11 is 0. The molecule has 96 valence electrons. The standard InChI is InChI=1S/C15H19FN2/c1-11-3-2-4-13(6-5-11)18-14-7-8-15(16)12(9-14)10-17/h7-9,11,13,18H,2-6H2,1H3. The molecule has 1 fully saturated rings. The van der Waals surface area contributed by atoms with Gasteiger partial charge in [0.05, 0.1) is 5.56 Å². The number of benzene rings is 1. The van der Waals surface area contributed by atoms with Crippen molar-refractivity contribution in [3.8, 4) is 6.07 Å². The molecule has 1 aromatic carbocycles. The van der Waals surface area contributed by atoms with Gasteiger partial charge in [-0.15, -0.1) is 0 Å². The van der Waals surface area contributed by atoms with Gasteiger partial charge in [-0.3, -0.25) is 0 Å². The zero-order valence-corrected chi connectivity index (χ0v) is 10.7. The van der Waals surface area contributed by atoms with E-state index in [-0.39, 0.29) is 5.56 Å². The number of anilines is 1. The Morgan fingerprint density at radius 3 is 2.89 bits per heavy atom. The molecule has 2 unspecified atom stereocenters. The summed E-state index contributed by atoms with van der Waals surface area (Å²) in [5.74, 6) is 0.359. The molecule has 18 heavy (non-hydrogen) atoms. The molecule has 0 aliphatic heterocycles. The van der Waals surface area contributed by atoms with Gasteiger partial charge in [-0.2, -0.15) is 5.26 Å². The van der Waals surface area contributed by atoms with Crippen LogP contribution in [0.4, 0.5) is 10.1 Å². The van der Waals surface area contributed by atoms with Crippen molar-refractivity contribution in [2.45, 2.75) is 45.1 Å². The smallest absolute Gasteiger partial charge is 0.141 e. The van der Waals surface area contributed by atoms with E-state index in [2.05, 4.69) is 12.2 Å². The highest BCUT2D eigenvalue weighted by Crippen LogP contribution is 2.25. The van der Waals surface area contributed by atoms with E-state index in [0.717, 1.165) is 24.4 Å². The Balaban J connectivity index is 2.03. The fourth-order valence-corrected chi connectivity index (χ4v) is 2.57. The van der Waals surface area contributed by atoms with Crippen LogP contribution in [0.25, 0.3) is 0 Å². The summed E-state index contributed by atoms with van der Waals surface area (Å²) in [6.45, 7) is 2.30. The summed E-state index contributed by atoms with van der Waals surface area (Å²) in [6, 6.07) is 7.00. The molecular weight excluding hydrogens is 227 g/mol. The van der Waals surface area contributed by atoms with Crippen molar-refractivity contribution in [2.24, 2.45) is 5.92 Å². The maximum atomic E-state index is 13.2. The first kappa shape index (κ1) is 12.9. The molecule has 0 aromatic heterocycles. The summed E-state index contributed by atoms with van der Waals surface area (Å²) < 4.78 is 13.2. The quantitative estimate of drug-likeness (QED) is 0.798. The first-order valence-electron chi connectivity index (χ1n) is 6.65. The fraction of sp³-hybridized carbons (Fsp3) is 0.533. The Bertz CT molecular complexity index is 450. The van der Waals surface area contributed by atoms with Gasteiger partial charge in [0.2, 0.25) is 0 Å². The number of nitriles is 1. The lowest BCUT2D eigenvalue weighted by atomic mass is 10.0. The fourth-order valence-electron chi connectivity index (χ4n) is 2.57. The van der Waals surface area contributed by atoms with Crippen molar-refractivity contribution in [2.75, 3.05) is 5.32 Å². The molecule has 0 spiro atoms. The lowest BCUT2D eigenvalue weighted by Gasteiger charge is -2.18. The first-order chi connectivity index (χ1) is 8.69. The molecule has 0 amide bonds. The third kappa shape index (κ3) is 3.22. The van der Waals surface area contributed by atoms with Crippen LogP contribution in [-0.4, -0.2) is 6.04 Å². The maximum Gasteiger partial charge on any atom is 0.141 e. The van der Waals surface area contributed by atoms with E-state index in [1.54, 1.807) is 12.1 Å². The molecule has 1 aliphatic rings. The number of nitrogens with one attached hydrogen (secondary N) is 1. The Morgan fingerprint density at radius 1 is 1.28 bits per heavy atom. The van der Waals surface area contributed by atoms with Crippen LogP contribution in [0.3, 0.4) is 0 Å². The molecule has 3 heteroatoms. The Kier molecular flexibility index (Phi) is 4.19. The maximum absolute atomic E-state index is 13.2. The lowest BCUT2D eigenvalue weighted by Crippen LogP contribution is -2.18. The van der Waals surface area contributed by atoms with E-state index >= 15 is 0 Å². The van der Waals surface area contributed by atoms with Crippen LogP contribution in [-0.2, 0) is 0 Å². The van der Waals surface area contributed by atoms with Crippen molar-refractivity contribution in [1.29, 1.82) is 5.26 Å². The van der Waals surface area contributed by atoms with Gasteiger partial charge >= 0.3 is 0 Å². The molecule has 1 aromatic rings. The Labute approximate surface area is 108 Å². The van der Waals surface area contributed by atoms with Gasteiger partial charge in [0, 0.05) is 11.7 Å². The van der Waals surface area contributed by atoms with E-state index in [1.165, 1.54) is 25.3 Å². The number of hydrogen-bond donors (Lipinski definition) is 1. The topological polar surface area (TPSA) is 35.8 Å². The molecule has 0 bridgehead atoms. The van der Waals surface area contributed by atoms with Gasteiger partial charge in [0.25, 0.3) is 0 Å². The highest BCUT2D eigenvalue weighted by Gasteiger charge is 2.16. The average molecular weight is 246 g/mol. The minimum atomic E-state index is -0.447. The molecule has 0 radical (unpaired) electrons. The molecule has 1 aliphatic carbocycles. The second kappa shape index (κ2) is 5.86. The van der Waals surface area contributed by atoms with E-state index in [4.69, 9.17) is 5.26 Å². The van der Waals surface area contributed by atoms with Crippen molar-refractivity contribution in [3.63, 3.8) is 0 Å². The van der Waals surface area contributed by atoms with E-state index in [9.17, 15) is 4.39 Å². The zero-order chi connectivity index (χ0) is 13.0. The van der Waals surface area contributed by atoms with Crippen LogP contribution in [0, 0.1) is 23.1 Å². The molecule has 1 N–H and O–H groups in total. The summed E-state index contributed by atoms with van der Waals surface area (Å²) in [4.78, 5) is 0. The predicted molar refractivity (Wildman–Crippen MR) is 70.8 cm³/mol. The first-order valence-corrected chi connectivity index (χ1v) is 6.65. The van der Waals surface area contributed by atoms with Crippen LogP contribution >= 0.6 is 0 Å². The van der Waals surface area contributed by atoms with Gasteiger partial charge < -0.3 is 5.32 Å². The summed E-state index contributed by atoms with van der Waals surface area (Å²) in [5.41, 5.74) is 0.967. The lowest BCUT2D eigenvalue weighted by molar-refractivity contribution is 0.502. The zero-order valence-electron chi connectivity index (χ0n) is 10.7. The van der Waals surface area contributed by atoms with E-state index < -0.39 is 5.82 Å². The number of halogens is 1. The third-order valence-corrected chi connectivity index (χ3v) is 3.72. The van der Waals surface area contributed by atoms with Gasteiger partial charge in [-0.1, -0.05) is 19.8 Å². The van der Waals surface area contributed by atoms with Gasteiger partial charge in [0.15, 0.2) is 0 Å². The third-order valence-electron chi connectivity index (χ3n) is 3.72. The largest absolute Gasteiger partial charge is 0.382 e. The second-order valence-corrected chi connectivity index (χ2v) is 5.26. The molecule has 2 atom stereocenters. The second-order valence-electron chi connectivity index (χ2n) is 5.26. The summed E-state index contributed by atoms with van der Waals surface area (Å²) in [6.07, 6.45) is 6.09. The highest BCUT2D eigenvalue weighted by atomic mass is 19.1. The van der Waals surface area contributed by atoms with Crippen LogP contribution in [0.2, 0.25) is 0 Å². The van der Waals surface area contributed by atoms with Gasteiger partial charge in [-0.05, 0) is 43.4 Å². The predicted octanol–water partition coefficient (Wildman–Crippen LogP) is 4.08. The molecular formula is C15H19FN2. The molecule has 1 saturated carbocycles. The minimum Gasteiger partial charge on any atom is -0.382 e. The Hall–Kier alpha value is -1.56. The normalized spacial score (nSPS) is 24.1. The molecule has 0 heterocycles. The van der Waals surface area contributed by atoms with Crippen LogP contribution in [0.1, 0.15) is 44.6 Å². The average Bonchev–Trinajstić information content (AvgIpc) is 2.57. The van der Waals surface area contributed by atoms with Crippen LogP contribution < -0.4 is 5.32 Å². The minimum absolute atomic E-state index is 0.113. The Morgan fingerprint density at radius 2 is 2.11 bits per heavy atom. The van der Waals surface area contributed by atoms with Gasteiger partial charge in [0.1, 0.15) is 11.9 Å².